The van der Waals surface area contributed by atoms with Crippen molar-refractivity contribution in [2.75, 3.05) is 6.61 Å². The van der Waals surface area contributed by atoms with Crippen LogP contribution in [0.1, 0.15) is 27.7 Å². The van der Waals surface area contributed by atoms with Crippen LogP contribution in [0.15, 0.2) is 0 Å². The van der Waals surface area contributed by atoms with Gasteiger partial charge in [-0.15, -0.1) is 0 Å². The van der Waals surface area contributed by atoms with E-state index >= 15 is 0 Å². The van der Waals surface area contributed by atoms with E-state index < -0.39 is 0 Å². The molecule has 0 radical (unpaired) electrons. The highest BCUT2D eigenvalue weighted by atomic mass is 16.3. The number of hydrogen-bond donors (Lipinski definition) is 2. The van der Waals surface area contributed by atoms with Gasteiger partial charge in [0.15, 0.2) is 0 Å². The van der Waals surface area contributed by atoms with E-state index in [4.69, 9.17) is 5.11 Å². The molecule has 0 heterocycles. The third kappa shape index (κ3) is 3.98. The van der Waals surface area contributed by atoms with Crippen LogP contribution >= 0.6 is 0 Å². The fraction of sp³-hybridized carbons (Fsp3) is 0.875. The molecule has 66 valence electrons. The van der Waals surface area contributed by atoms with Crippen molar-refractivity contribution < 1.29 is 9.90 Å². The molecule has 0 spiro atoms. The summed E-state index contributed by atoms with van der Waals surface area (Å²) in [5.74, 6) is -0.0982. The van der Waals surface area contributed by atoms with Crippen LogP contribution < -0.4 is 5.32 Å². The predicted molar refractivity (Wildman–Crippen MR) is 44.1 cm³/mol. The Hall–Kier alpha value is -0.570. The zero-order valence-electron chi connectivity index (χ0n) is 7.64. The van der Waals surface area contributed by atoms with Gasteiger partial charge >= 0.3 is 0 Å². The largest absolute Gasteiger partial charge is 0.394 e. The number of aliphatic hydroxyl groups excluding tert-OH is 1. The van der Waals surface area contributed by atoms with E-state index in [1.54, 1.807) is 0 Å². The highest BCUT2D eigenvalue weighted by molar-refractivity contribution is 5.73. The molecule has 0 saturated carbocycles. The van der Waals surface area contributed by atoms with E-state index in [1.807, 2.05) is 20.8 Å². The molecule has 0 aliphatic carbocycles. The lowest BCUT2D eigenvalue weighted by Crippen LogP contribution is -2.45. The molecule has 0 fully saturated rings. The maximum Gasteiger partial charge on any atom is 0.217 e. The SMILES string of the molecule is CC(=O)NC(CO)C(C)(C)C. The molecule has 1 atom stereocenters. The summed E-state index contributed by atoms with van der Waals surface area (Å²) < 4.78 is 0. The molecular weight excluding hydrogens is 142 g/mol. The average molecular weight is 159 g/mol. The summed E-state index contributed by atoms with van der Waals surface area (Å²) >= 11 is 0. The van der Waals surface area contributed by atoms with Crippen LogP contribution in [0.4, 0.5) is 0 Å². The molecule has 0 saturated heterocycles. The van der Waals surface area contributed by atoms with E-state index in [2.05, 4.69) is 5.32 Å². The van der Waals surface area contributed by atoms with Crippen LogP contribution in [0.5, 0.6) is 0 Å². The van der Waals surface area contributed by atoms with Gasteiger partial charge in [0.05, 0.1) is 12.6 Å². The summed E-state index contributed by atoms with van der Waals surface area (Å²) in [6, 6.07) is -0.153. The van der Waals surface area contributed by atoms with Crippen LogP contribution in [0.25, 0.3) is 0 Å². The maximum atomic E-state index is 10.6. The highest BCUT2D eigenvalue weighted by Crippen LogP contribution is 2.18. The third-order valence-electron chi connectivity index (χ3n) is 1.61. The van der Waals surface area contributed by atoms with Gasteiger partial charge in [-0.25, -0.2) is 0 Å². The molecular formula is C8H17NO2. The van der Waals surface area contributed by atoms with Gasteiger partial charge in [0.1, 0.15) is 0 Å². The molecule has 11 heavy (non-hydrogen) atoms. The Morgan fingerprint density at radius 2 is 2.00 bits per heavy atom. The smallest absolute Gasteiger partial charge is 0.217 e. The van der Waals surface area contributed by atoms with E-state index in [0.29, 0.717) is 0 Å². The number of nitrogens with one attached hydrogen (secondary N) is 1. The summed E-state index contributed by atoms with van der Waals surface area (Å²) in [4.78, 5) is 10.6. The minimum Gasteiger partial charge on any atom is -0.394 e. The van der Waals surface area contributed by atoms with Crippen molar-refractivity contribution in [2.45, 2.75) is 33.7 Å². The van der Waals surface area contributed by atoms with E-state index in [0.717, 1.165) is 0 Å². The second-order valence-corrected chi connectivity index (χ2v) is 3.80. The number of hydrogen-bond acceptors (Lipinski definition) is 2. The molecule has 2 N–H and O–H groups in total. The third-order valence-corrected chi connectivity index (χ3v) is 1.61. The number of amides is 1. The maximum absolute atomic E-state index is 10.6. The van der Waals surface area contributed by atoms with Crippen LogP contribution in [-0.2, 0) is 4.79 Å². The first kappa shape index (κ1) is 10.4. The molecule has 1 amide bonds. The first-order valence-corrected chi connectivity index (χ1v) is 3.76. The molecule has 0 rings (SSSR count). The van der Waals surface area contributed by atoms with Gasteiger partial charge in [-0.05, 0) is 5.41 Å². The van der Waals surface area contributed by atoms with E-state index in [1.165, 1.54) is 6.92 Å². The molecule has 0 aliphatic rings. The minimum absolute atomic E-state index is 0.0108. The minimum atomic E-state index is -0.153. The lowest BCUT2D eigenvalue weighted by Gasteiger charge is -2.29. The van der Waals surface area contributed by atoms with Crippen molar-refractivity contribution in [1.29, 1.82) is 0 Å². The predicted octanol–water partition coefficient (Wildman–Crippen LogP) is 0.529. The summed E-state index contributed by atoms with van der Waals surface area (Å²) in [6.07, 6.45) is 0. The topological polar surface area (TPSA) is 49.3 Å². The Kier molecular flexibility index (Phi) is 3.52. The van der Waals surface area contributed by atoms with Crippen molar-refractivity contribution in [1.82, 2.24) is 5.32 Å². The zero-order valence-corrected chi connectivity index (χ0v) is 7.64. The number of aliphatic hydroxyl groups is 1. The van der Waals surface area contributed by atoms with Gasteiger partial charge in [0.25, 0.3) is 0 Å². The van der Waals surface area contributed by atoms with Crippen LogP contribution in [0, 0.1) is 5.41 Å². The van der Waals surface area contributed by atoms with Crippen molar-refractivity contribution >= 4 is 5.91 Å². The lowest BCUT2D eigenvalue weighted by atomic mass is 9.87. The Morgan fingerprint density at radius 1 is 1.55 bits per heavy atom. The second kappa shape index (κ2) is 3.72. The number of rotatable bonds is 2. The van der Waals surface area contributed by atoms with Gasteiger partial charge in [-0.2, -0.15) is 0 Å². The molecule has 3 nitrogen and oxygen atoms in total. The number of carbonyl (C=O) groups is 1. The Balaban J connectivity index is 4.07. The molecule has 0 aromatic rings. The van der Waals surface area contributed by atoms with Crippen molar-refractivity contribution in [3.63, 3.8) is 0 Å². The quantitative estimate of drug-likeness (QED) is 0.617. The van der Waals surface area contributed by atoms with Crippen LogP contribution in [0.3, 0.4) is 0 Å². The lowest BCUT2D eigenvalue weighted by molar-refractivity contribution is -0.120. The normalized spacial score (nSPS) is 14.3. The summed E-state index contributed by atoms with van der Waals surface area (Å²) in [5, 5.41) is 11.6. The van der Waals surface area contributed by atoms with Gasteiger partial charge in [-0.3, -0.25) is 4.79 Å². The first-order valence-electron chi connectivity index (χ1n) is 3.76. The fourth-order valence-electron chi connectivity index (χ4n) is 0.781. The molecule has 0 bridgehead atoms. The van der Waals surface area contributed by atoms with Crippen molar-refractivity contribution in [3.05, 3.63) is 0 Å². The Morgan fingerprint density at radius 3 is 2.09 bits per heavy atom. The molecule has 1 unspecified atom stereocenters. The molecule has 0 aliphatic heterocycles. The standard InChI is InChI=1S/C8H17NO2/c1-6(11)9-7(5-10)8(2,3)4/h7,10H,5H2,1-4H3,(H,9,11). The molecule has 0 aromatic heterocycles. The molecule has 0 aromatic carbocycles. The van der Waals surface area contributed by atoms with Gasteiger partial charge < -0.3 is 10.4 Å². The number of carbonyl (C=O) groups excluding carboxylic acids is 1. The first-order chi connectivity index (χ1) is 4.88. The van der Waals surface area contributed by atoms with Crippen LogP contribution in [-0.4, -0.2) is 23.7 Å². The van der Waals surface area contributed by atoms with Gasteiger partial charge in [0, 0.05) is 6.92 Å². The fourth-order valence-corrected chi connectivity index (χ4v) is 0.781. The Bertz CT molecular complexity index is 138. The summed E-state index contributed by atoms with van der Waals surface area (Å²) in [7, 11) is 0. The van der Waals surface area contributed by atoms with Crippen LogP contribution in [0.2, 0.25) is 0 Å². The second-order valence-electron chi connectivity index (χ2n) is 3.80. The highest BCUT2D eigenvalue weighted by Gasteiger charge is 2.23. The van der Waals surface area contributed by atoms with Gasteiger partial charge in [-0.1, -0.05) is 20.8 Å². The monoisotopic (exact) mass is 159 g/mol. The Labute approximate surface area is 67.8 Å². The summed E-state index contributed by atoms with van der Waals surface area (Å²) in [5.41, 5.74) is -0.0829. The van der Waals surface area contributed by atoms with E-state index in [-0.39, 0.29) is 24.0 Å². The zero-order chi connectivity index (χ0) is 9.07. The van der Waals surface area contributed by atoms with Gasteiger partial charge in [0.2, 0.25) is 5.91 Å². The molecule has 3 heteroatoms. The van der Waals surface area contributed by atoms with Crippen molar-refractivity contribution in [3.8, 4) is 0 Å². The average Bonchev–Trinajstić information content (AvgIpc) is 1.79. The van der Waals surface area contributed by atoms with E-state index in [9.17, 15) is 4.79 Å². The summed E-state index contributed by atoms with van der Waals surface area (Å²) in [6.45, 7) is 7.37. The van der Waals surface area contributed by atoms with Crippen molar-refractivity contribution in [2.24, 2.45) is 5.41 Å².